The second-order valence-corrected chi connectivity index (χ2v) is 8.59. The quantitative estimate of drug-likeness (QED) is 0.810. The van der Waals surface area contributed by atoms with Crippen LogP contribution in [0.15, 0.2) is 4.90 Å². The van der Waals surface area contributed by atoms with Gasteiger partial charge in [0.05, 0.1) is 10.6 Å². The molecule has 1 aromatic heterocycles. The first-order chi connectivity index (χ1) is 9.88. The number of anilines is 2. The summed E-state index contributed by atoms with van der Waals surface area (Å²) in [6.07, 6.45) is 5.77. The van der Waals surface area contributed by atoms with Crippen LogP contribution in [0.25, 0.3) is 0 Å². The molecule has 0 radical (unpaired) electrons. The van der Waals surface area contributed by atoms with Gasteiger partial charge in [-0.25, -0.2) is 0 Å². The second-order valence-electron chi connectivity index (χ2n) is 6.78. The van der Waals surface area contributed by atoms with Gasteiger partial charge >= 0.3 is 0 Å². The number of nitrogen functional groups attached to an aromatic ring is 1. The molecule has 1 aliphatic heterocycles. The van der Waals surface area contributed by atoms with Crippen molar-refractivity contribution in [3.63, 3.8) is 0 Å². The Bertz CT molecular complexity index is 537. The van der Waals surface area contributed by atoms with Crippen molar-refractivity contribution in [3.8, 4) is 6.07 Å². The molecule has 1 saturated heterocycles. The molecule has 2 N–H and O–H groups in total. The van der Waals surface area contributed by atoms with Crippen molar-refractivity contribution in [2.24, 2.45) is 11.3 Å². The molecular formula is C16H25N3S2. The molecule has 0 saturated carbocycles. The fraction of sp³-hybridized carbons (Fsp3) is 0.688. The molecule has 1 fully saturated rings. The Kier molecular flexibility index (Phi) is 5.11. The lowest BCUT2D eigenvalue weighted by Crippen LogP contribution is -2.25. The van der Waals surface area contributed by atoms with Crippen molar-refractivity contribution in [2.75, 3.05) is 30.0 Å². The minimum Gasteiger partial charge on any atom is -0.396 e. The van der Waals surface area contributed by atoms with Gasteiger partial charge in [-0.05, 0) is 36.9 Å². The number of hydrogen-bond donors (Lipinski definition) is 1. The Labute approximate surface area is 136 Å². The van der Waals surface area contributed by atoms with Gasteiger partial charge in [0.1, 0.15) is 15.9 Å². The molecule has 1 atom stereocenters. The number of nitrogens with zero attached hydrogens (tertiary/aromatic N) is 2. The van der Waals surface area contributed by atoms with E-state index in [-0.39, 0.29) is 0 Å². The Morgan fingerprint density at radius 2 is 2.05 bits per heavy atom. The van der Waals surface area contributed by atoms with Crippen molar-refractivity contribution in [1.29, 1.82) is 5.26 Å². The monoisotopic (exact) mass is 323 g/mol. The van der Waals surface area contributed by atoms with Crippen molar-refractivity contribution in [3.05, 3.63) is 4.88 Å². The van der Waals surface area contributed by atoms with E-state index in [9.17, 15) is 5.26 Å². The van der Waals surface area contributed by atoms with E-state index in [0.717, 1.165) is 23.9 Å². The van der Waals surface area contributed by atoms with Gasteiger partial charge in [0.15, 0.2) is 0 Å². The predicted octanol–water partition coefficient (Wildman–Crippen LogP) is 4.58. The molecule has 1 unspecified atom stereocenters. The summed E-state index contributed by atoms with van der Waals surface area (Å²) in [7, 11) is 0. The van der Waals surface area contributed by atoms with Gasteiger partial charge < -0.3 is 10.6 Å². The lowest BCUT2D eigenvalue weighted by molar-refractivity contribution is 0.220. The van der Waals surface area contributed by atoms with Crippen LogP contribution in [-0.4, -0.2) is 19.3 Å². The third-order valence-electron chi connectivity index (χ3n) is 4.43. The molecule has 21 heavy (non-hydrogen) atoms. The van der Waals surface area contributed by atoms with Crippen LogP contribution >= 0.6 is 23.1 Å². The van der Waals surface area contributed by atoms with Crippen molar-refractivity contribution >= 4 is 33.8 Å². The van der Waals surface area contributed by atoms with Gasteiger partial charge in [-0.15, -0.1) is 23.1 Å². The van der Waals surface area contributed by atoms with Gasteiger partial charge in [0.25, 0.3) is 0 Å². The van der Waals surface area contributed by atoms with Gasteiger partial charge in [-0.2, -0.15) is 5.26 Å². The average molecular weight is 324 g/mol. The van der Waals surface area contributed by atoms with E-state index >= 15 is 0 Å². The van der Waals surface area contributed by atoms with Crippen LogP contribution < -0.4 is 10.6 Å². The van der Waals surface area contributed by atoms with E-state index in [4.69, 9.17) is 5.73 Å². The highest BCUT2D eigenvalue weighted by Crippen LogP contribution is 2.45. The topological polar surface area (TPSA) is 53.0 Å². The molecule has 5 heteroatoms. The fourth-order valence-electron chi connectivity index (χ4n) is 3.07. The lowest BCUT2D eigenvalue weighted by atomic mass is 9.77. The molecular weight excluding hydrogens is 298 g/mol. The van der Waals surface area contributed by atoms with Crippen LogP contribution in [0.4, 0.5) is 10.7 Å². The van der Waals surface area contributed by atoms with Crippen LogP contribution in [-0.2, 0) is 0 Å². The third kappa shape index (κ3) is 3.49. The molecule has 1 aliphatic rings. The molecule has 0 aliphatic carbocycles. The zero-order valence-electron chi connectivity index (χ0n) is 13.4. The molecule has 3 nitrogen and oxygen atoms in total. The van der Waals surface area contributed by atoms with E-state index in [2.05, 4.69) is 31.7 Å². The number of thiophene rings is 1. The number of hydrogen-bond acceptors (Lipinski definition) is 5. The lowest BCUT2D eigenvalue weighted by Gasteiger charge is -2.30. The molecule has 1 aromatic rings. The zero-order chi connectivity index (χ0) is 15.6. The van der Waals surface area contributed by atoms with E-state index in [1.807, 2.05) is 6.26 Å². The van der Waals surface area contributed by atoms with E-state index < -0.39 is 0 Å². The van der Waals surface area contributed by atoms with Gasteiger partial charge in [-0.1, -0.05) is 20.8 Å². The minimum absolute atomic E-state index is 0.380. The van der Waals surface area contributed by atoms with Crippen LogP contribution in [0.5, 0.6) is 0 Å². The summed E-state index contributed by atoms with van der Waals surface area (Å²) in [4.78, 5) is 4.19. The van der Waals surface area contributed by atoms with Crippen LogP contribution in [0.2, 0.25) is 0 Å². The highest BCUT2D eigenvalue weighted by Gasteiger charge is 2.29. The third-order valence-corrected chi connectivity index (χ3v) is 6.55. The maximum absolute atomic E-state index is 9.21. The highest BCUT2D eigenvalue weighted by molar-refractivity contribution is 7.99. The number of nitrogens with two attached hydrogens (primary N) is 1. The largest absolute Gasteiger partial charge is 0.396 e. The first-order valence-electron chi connectivity index (χ1n) is 7.49. The fourth-order valence-corrected chi connectivity index (χ4v) is 5.10. The maximum Gasteiger partial charge on any atom is 0.131 e. The van der Waals surface area contributed by atoms with Crippen LogP contribution in [0, 0.1) is 22.7 Å². The van der Waals surface area contributed by atoms with Gasteiger partial charge in [0, 0.05) is 13.1 Å². The predicted molar refractivity (Wildman–Crippen MR) is 94.2 cm³/mol. The second kappa shape index (κ2) is 6.50. The summed E-state index contributed by atoms with van der Waals surface area (Å²) < 4.78 is 0. The van der Waals surface area contributed by atoms with Crippen LogP contribution in [0.3, 0.4) is 0 Å². The normalized spacial score (nSPS) is 20.1. The first kappa shape index (κ1) is 16.5. The smallest absolute Gasteiger partial charge is 0.131 e. The van der Waals surface area contributed by atoms with E-state index in [0.29, 0.717) is 16.0 Å². The standard InChI is InChI=1S/C16H25N3S2/c1-16(2,3)11-6-5-8-19(9-7-11)15-14(20-4)13(18)12(10-17)21-15/h11H,5-9,18H2,1-4H3. The summed E-state index contributed by atoms with van der Waals surface area (Å²) in [5.41, 5.74) is 7.16. The van der Waals surface area contributed by atoms with E-state index in [1.54, 1.807) is 23.1 Å². The minimum atomic E-state index is 0.380. The highest BCUT2D eigenvalue weighted by atomic mass is 32.2. The molecule has 0 amide bonds. The van der Waals surface area contributed by atoms with Crippen molar-refractivity contribution < 1.29 is 0 Å². The molecule has 0 spiro atoms. The van der Waals surface area contributed by atoms with Gasteiger partial charge in [-0.3, -0.25) is 0 Å². The average Bonchev–Trinajstić information content (AvgIpc) is 2.62. The van der Waals surface area contributed by atoms with Gasteiger partial charge in [0.2, 0.25) is 0 Å². The number of rotatable bonds is 2. The van der Waals surface area contributed by atoms with Crippen molar-refractivity contribution in [2.45, 2.75) is 44.9 Å². The van der Waals surface area contributed by atoms with E-state index in [1.165, 1.54) is 24.3 Å². The molecule has 0 bridgehead atoms. The Morgan fingerprint density at radius 1 is 1.33 bits per heavy atom. The summed E-state index contributed by atoms with van der Waals surface area (Å²) >= 11 is 3.21. The van der Waals surface area contributed by atoms with Crippen LogP contribution in [0.1, 0.15) is 44.9 Å². The molecule has 2 rings (SSSR count). The number of thioether (sulfide) groups is 1. The maximum atomic E-state index is 9.21. The molecule has 116 valence electrons. The SMILES string of the molecule is CSc1c(N2CCCC(C(C)(C)C)CC2)sc(C#N)c1N. The summed E-state index contributed by atoms with van der Waals surface area (Å²) in [6.45, 7) is 9.18. The first-order valence-corrected chi connectivity index (χ1v) is 9.54. The van der Waals surface area contributed by atoms with Crippen molar-refractivity contribution in [1.82, 2.24) is 0 Å². The molecule has 0 aromatic carbocycles. The Balaban J connectivity index is 2.22. The Hall–Kier alpha value is -0.860. The zero-order valence-corrected chi connectivity index (χ0v) is 15.0. The summed E-state index contributed by atoms with van der Waals surface area (Å²) in [5.74, 6) is 0.771. The summed E-state index contributed by atoms with van der Waals surface area (Å²) in [5, 5.41) is 10.4. The Morgan fingerprint density at radius 3 is 2.62 bits per heavy atom. The number of nitriles is 1. The molecule has 2 heterocycles. The summed E-state index contributed by atoms with van der Waals surface area (Å²) in [6, 6.07) is 2.23.